The lowest BCUT2D eigenvalue weighted by Crippen LogP contribution is -2.38. The fourth-order valence-electron chi connectivity index (χ4n) is 2.36. The molecule has 2 rings (SSSR count). The molecule has 0 radical (unpaired) electrons. The number of amides is 1. The van der Waals surface area contributed by atoms with Crippen LogP contribution in [0.5, 0.6) is 0 Å². The lowest BCUT2D eigenvalue weighted by Gasteiger charge is -2.22. The van der Waals surface area contributed by atoms with Crippen molar-refractivity contribution in [2.75, 3.05) is 18.6 Å². The van der Waals surface area contributed by atoms with Gasteiger partial charge in [-0.2, -0.15) is 5.10 Å². The van der Waals surface area contributed by atoms with Crippen molar-refractivity contribution in [3.05, 3.63) is 17.5 Å². The highest BCUT2D eigenvalue weighted by Gasteiger charge is 2.33. The molecular weight excluding hydrogens is 266 g/mol. The highest BCUT2D eigenvalue weighted by atomic mass is 32.2. The molecule has 2 heterocycles. The summed E-state index contributed by atoms with van der Waals surface area (Å²) in [5.74, 6) is 0.0119. The Bertz CT molecular complexity index is 591. The average molecular weight is 285 g/mol. The molecule has 1 aromatic rings. The maximum Gasteiger partial charge on any atom is 0.274 e. The first kappa shape index (κ1) is 14.0. The van der Waals surface area contributed by atoms with Crippen LogP contribution in [0.25, 0.3) is 0 Å². The van der Waals surface area contributed by atoms with Gasteiger partial charge in [0.15, 0.2) is 15.5 Å². The van der Waals surface area contributed by atoms with E-state index in [0.29, 0.717) is 18.7 Å². The van der Waals surface area contributed by atoms with E-state index in [1.165, 1.54) is 4.90 Å². The molecule has 19 heavy (non-hydrogen) atoms. The fraction of sp³-hybridized carbons (Fsp3) is 0.667. The number of hydrogen-bond donors (Lipinski definition) is 0. The van der Waals surface area contributed by atoms with E-state index in [9.17, 15) is 13.2 Å². The van der Waals surface area contributed by atoms with Gasteiger partial charge in [0.2, 0.25) is 0 Å². The normalized spacial score (nSPS) is 21.5. The van der Waals surface area contributed by atoms with Crippen LogP contribution in [-0.2, 0) is 16.4 Å². The average Bonchev–Trinajstić information content (AvgIpc) is 2.90. The number of aromatic nitrogens is 2. The zero-order chi connectivity index (χ0) is 14.2. The van der Waals surface area contributed by atoms with E-state index in [2.05, 4.69) is 5.10 Å². The maximum absolute atomic E-state index is 12.3. The molecule has 0 aliphatic carbocycles. The molecule has 1 fully saturated rings. The molecule has 1 saturated heterocycles. The van der Waals surface area contributed by atoms with Crippen LogP contribution in [0.15, 0.2) is 6.07 Å². The Balaban J connectivity index is 2.15. The van der Waals surface area contributed by atoms with E-state index in [0.717, 1.165) is 5.69 Å². The summed E-state index contributed by atoms with van der Waals surface area (Å²) in [6, 6.07) is 1.51. The Kier molecular flexibility index (Phi) is 3.66. The Labute approximate surface area is 113 Å². The van der Waals surface area contributed by atoms with Gasteiger partial charge < -0.3 is 4.90 Å². The van der Waals surface area contributed by atoms with E-state index >= 15 is 0 Å². The highest BCUT2D eigenvalue weighted by Crippen LogP contribution is 2.18. The summed E-state index contributed by atoms with van der Waals surface area (Å²) in [6.45, 7) is 4.56. The molecule has 6 nitrogen and oxygen atoms in total. The molecule has 106 valence electrons. The van der Waals surface area contributed by atoms with Gasteiger partial charge >= 0.3 is 0 Å². The van der Waals surface area contributed by atoms with E-state index in [1.807, 2.05) is 13.8 Å². The minimum Gasteiger partial charge on any atom is -0.336 e. The summed E-state index contributed by atoms with van der Waals surface area (Å²) < 4.78 is 24.7. The van der Waals surface area contributed by atoms with Crippen LogP contribution in [0, 0.1) is 6.92 Å². The Morgan fingerprint density at radius 2 is 2.26 bits per heavy atom. The molecule has 7 heteroatoms. The van der Waals surface area contributed by atoms with Crippen molar-refractivity contribution < 1.29 is 13.2 Å². The van der Waals surface area contributed by atoms with Gasteiger partial charge in [0, 0.05) is 25.3 Å². The topological polar surface area (TPSA) is 72.3 Å². The molecule has 0 N–H and O–H groups in total. The van der Waals surface area contributed by atoms with Gasteiger partial charge in [0.1, 0.15) is 0 Å². The van der Waals surface area contributed by atoms with E-state index in [1.54, 1.807) is 17.8 Å². The third-order valence-electron chi connectivity index (χ3n) is 3.58. The summed E-state index contributed by atoms with van der Waals surface area (Å²) in [6.07, 6.45) is 0.512. The first-order chi connectivity index (χ1) is 8.84. The fourth-order valence-corrected chi connectivity index (χ4v) is 4.14. The number of aryl methyl sites for hydroxylation is 2. The standard InChI is InChI=1S/C12H19N3O3S/c1-4-15-9(2)7-11(13-15)12(16)14(3)10-5-6-19(17,18)8-10/h7,10H,4-6,8H2,1-3H3. The van der Waals surface area contributed by atoms with E-state index in [-0.39, 0.29) is 23.5 Å². The smallest absolute Gasteiger partial charge is 0.274 e. The number of carbonyl (C=O) groups excluding carboxylic acids is 1. The van der Waals surface area contributed by atoms with Gasteiger partial charge in [-0.1, -0.05) is 0 Å². The second-order valence-electron chi connectivity index (χ2n) is 4.96. The van der Waals surface area contributed by atoms with Crippen LogP contribution in [0.1, 0.15) is 29.5 Å². The van der Waals surface area contributed by atoms with Gasteiger partial charge in [-0.05, 0) is 26.3 Å². The first-order valence-electron chi connectivity index (χ1n) is 6.36. The van der Waals surface area contributed by atoms with Crippen molar-refractivity contribution in [3.8, 4) is 0 Å². The Hall–Kier alpha value is -1.37. The summed E-state index contributed by atoms with van der Waals surface area (Å²) in [5.41, 5.74) is 1.31. The van der Waals surface area contributed by atoms with Crippen molar-refractivity contribution in [3.63, 3.8) is 0 Å². The third kappa shape index (κ3) is 2.80. The lowest BCUT2D eigenvalue weighted by molar-refractivity contribution is 0.0741. The van der Waals surface area contributed by atoms with Crippen LogP contribution in [0.4, 0.5) is 0 Å². The summed E-state index contributed by atoms with van der Waals surface area (Å²) in [7, 11) is -1.34. The van der Waals surface area contributed by atoms with Crippen molar-refractivity contribution in [2.45, 2.75) is 32.9 Å². The Morgan fingerprint density at radius 1 is 1.58 bits per heavy atom. The maximum atomic E-state index is 12.3. The summed E-state index contributed by atoms with van der Waals surface area (Å²) >= 11 is 0. The van der Waals surface area contributed by atoms with Gasteiger partial charge in [0.05, 0.1) is 11.5 Å². The number of sulfone groups is 1. The van der Waals surface area contributed by atoms with Gasteiger partial charge in [-0.15, -0.1) is 0 Å². The lowest BCUT2D eigenvalue weighted by atomic mass is 10.2. The monoisotopic (exact) mass is 285 g/mol. The second kappa shape index (κ2) is 4.96. The number of hydrogen-bond acceptors (Lipinski definition) is 4. The van der Waals surface area contributed by atoms with Gasteiger partial charge in [-0.25, -0.2) is 8.42 Å². The molecule has 0 bridgehead atoms. The molecule has 1 aliphatic heterocycles. The predicted molar refractivity (Wildman–Crippen MR) is 71.8 cm³/mol. The molecule has 0 saturated carbocycles. The minimum atomic E-state index is -2.98. The molecule has 1 amide bonds. The second-order valence-corrected chi connectivity index (χ2v) is 7.19. The minimum absolute atomic E-state index is 0.0582. The van der Waals surface area contributed by atoms with Gasteiger partial charge in [-0.3, -0.25) is 9.48 Å². The molecule has 1 aromatic heterocycles. The molecule has 1 unspecified atom stereocenters. The van der Waals surface area contributed by atoms with Crippen LogP contribution in [-0.4, -0.2) is 53.6 Å². The van der Waals surface area contributed by atoms with Crippen LogP contribution < -0.4 is 0 Å². The molecular formula is C12H19N3O3S. The van der Waals surface area contributed by atoms with Crippen LogP contribution >= 0.6 is 0 Å². The summed E-state index contributed by atoms with van der Waals surface area (Å²) in [5, 5.41) is 4.23. The van der Waals surface area contributed by atoms with Crippen LogP contribution in [0.2, 0.25) is 0 Å². The van der Waals surface area contributed by atoms with Crippen molar-refractivity contribution in [1.82, 2.24) is 14.7 Å². The molecule has 0 spiro atoms. The molecule has 1 atom stereocenters. The van der Waals surface area contributed by atoms with Crippen molar-refractivity contribution >= 4 is 15.7 Å². The first-order valence-corrected chi connectivity index (χ1v) is 8.18. The van der Waals surface area contributed by atoms with Crippen LogP contribution in [0.3, 0.4) is 0 Å². The zero-order valence-electron chi connectivity index (χ0n) is 11.5. The third-order valence-corrected chi connectivity index (χ3v) is 5.33. The SMILES string of the molecule is CCn1nc(C(=O)N(C)C2CCS(=O)(=O)C2)cc1C. The van der Waals surface area contributed by atoms with Crippen molar-refractivity contribution in [1.29, 1.82) is 0 Å². The highest BCUT2D eigenvalue weighted by molar-refractivity contribution is 7.91. The van der Waals surface area contributed by atoms with E-state index in [4.69, 9.17) is 0 Å². The molecule has 0 aromatic carbocycles. The number of nitrogens with zero attached hydrogens (tertiary/aromatic N) is 3. The predicted octanol–water partition coefficient (Wildman–Crippen LogP) is 0.471. The number of rotatable bonds is 3. The van der Waals surface area contributed by atoms with Gasteiger partial charge in [0.25, 0.3) is 5.91 Å². The molecule has 1 aliphatic rings. The number of carbonyl (C=O) groups is 1. The summed E-state index contributed by atoms with van der Waals surface area (Å²) in [4.78, 5) is 13.8. The zero-order valence-corrected chi connectivity index (χ0v) is 12.3. The largest absolute Gasteiger partial charge is 0.336 e. The van der Waals surface area contributed by atoms with Crippen molar-refractivity contribution in [2.24, 2.45) is 0 Å². The van der Waals surface area contributed by atoms with E-state index < -0.39 is 9.84 Å². The Morgan fingerprint density at radius 3 is 2.74 bits per heavy atom. The quantitative estimate of drug-likeness (QED) is 0.809.